The second-order valence-electron chi connectivity index (χ2n) is 5.38. The first kappa shape index (κ1) is 17.6. The van der Waals surface area contributed by atoms with Crippen LogP contribution in [0.1, 0.15) is 29.5 Å². The number of rotatable bonds is 3. The fourth-order valence-corrected chi connectivity index (χ4v) is 2.64. The average molecular weight is 341 g/mol. The first-order valence-electron chi connectivity index (χ1n) is 6.73. The van der Waals surface area contributed by atoms with E-state index in [9.17, 15) is 31.1 Å². The molecule has 1 atom stereocenters. The molecule has 0 amide bonds. The molecule has 1 aromatic carbocycles. The van der Waals surface area contributed by atoms with Crippen LogP contribution in [0.25, 0.3) is 0 Å². The van der Waals surface area contributed by atoms with E-state index in [2.05, 4.69) is 0 Å². The summed E-state index contributed by atoms with van der Waals surface area (Å²) in [7, 11) is 0. The summed E-state index contributed by atoms with van der Waals surface area (Å²) < 4.78 is 76.7. The van der Waals surface area contributed by atoms with Crippen molar-refractivity contribution in [1.29, 1.82) is 0 Å². The molecule has 23 heavy (non-hydrogen) atoms. The Labute approximate surface area is 127 Å². The Balaban J connectivity index is 2.36. The van der Waals surface area contributed by atoms with Gasteiger partial charge in [-0.2, -0.15) is 26.3 Å². The van der Waals surface area contributed by atoms with E-state index in [0.717, 1.165) is 0 Å². The highest BCUT2D eigenvalue weighted by Gasteiger charge is 2.37. The Morgan fingerprint density at radius 2 is 1.61 bits per heavy atom. The number of carboxylic acid groups (broad SMARTS) is 1. The molecule has 1 aromatic rings. The number of aliphatic carboxylic acids is 1. The Kier molecular flexibility index (Phi) is 4.61. The molecule has 1 aliphatic heterocycles. The van der Waals surface area contributed by atoms with Crippen LogP contribution in [0.15, 0.2) is 18.2 Å². The number of hydrogen-bond acceptors (Lipinski definition) is 2. The maximum atomic E-state index is 12.8. The number of carbonyl (C=O) groups is 1. The highest BCUT2D eigenvalue weighted by Crippen LogP contribution is 2.36. The summed E-state index contributed by atoms with van der Waals surface area (Å²) in [6.07, 6.45) is -8.97. The molecule has 0 aliphatic carbocycles. The fraction of sp³-hybridized carbons (Fsp3) is 0.500. The Morgan fingerprint density at radius 1 is 1.09 bits per heavy atom. The van der Waals surface area contributed by atoms with Gasteiger partial charge in [-0.25, -0.2) is 0 Å². The zero-order valence-corrected chi connectivity index (χ0v) is 11.7. The molecule has 1 fully saturated rings. The van der Waals surface area contributed by atoms with Crippen LogP contribution in [0, 0.1) is 0 Å². The number of likely N-dealkylation sites (tertiary alicyclic amines) is 1. The van der Waals surface area contributed by atoms with Gasteiger partial charge in [-0.15, -0.1) is 0 Å². The average Bonchev–Trinajstić information content (AvgIpc) is 2.84. The van der Waals surface area contributed by atoms with E-state index in [0.29, 0.717) is 31.5 Å². The van der Waals surface area contributed by atoms with Crippen molar-refractivity contribution < 1.29 is 36.2 Å². The lowest BCUT2D eigenvalue weighted by atomic mass is 10.0. The van der Waals surface area contributed by atoms with E-state index >= 15 is 0 Å². The number of benzene rings is 1. The molecule has 3 nitrogen and oxygen atoms in total. The molecule has 9 heteroatoms. The highest BCUT2D eigenvalue weighted by atomic mass is 19.4. The van der Waals surface area contributed by atoms with E-state index < -0.39 is 35.5 Å². The van der Waals surface area contributed by atoms with Crippen LogP contribution in [-0.4, -0.2) is 28.6 Å². The van der Waals surface area contributed by atoms with Crippen molar-refractivity contribution in [3.8, 4) is 0 Å². The van der Waals surface area contributed by atoms with Crippen LogP contribution in [0.3, 0.4) is 0 Å². The first-order valence-corrected chi connectivity index (χ1v) is 6.73. The van der Waals surface area contributed by atoms with Crippen LogP contribution >= 0.6 is 0 Å². The van der Waals surface area contributed by atoms with Gasteiger partial charge in [0.1, 0.15) is 6.04 Å². The largest absolute Gasteiger partial charge is 0.480 e. The summed E-state index contributed by atoms with van der Waals surface area (Å²) in [6.45, 7) is 0.0402. The van der Waals surface area contributed by atoms with Crippen LogP contribution in [0.2, 0.25) is 0 Å². The Hall–Kier alpha value is -1.77. The fourth-order valence-electron chi connectivity index (χ4n) is 2.64. The van der Waals surface area contributed by atoms with Crippen molar-refractivity contribution in [3.63, 3.8) is 0 Å². The smallest absolute Gasteiger partial charge is 0.416 e. The second kappa shape index (κ2) is 6.03. The molecule has 0 bridgehead atoms. The van der Waals surface area contributed by atoms with Gasteiger partial charge in [-0.1, -0.05) is 0 Å². The minimum atomic E-state index is -4.91. The summed E-state index contributed by atoms with van der Waals surface area (Å²) in [6, 6.07) is 0.431. The quantitative estimate of drug-likeness (QED) is 0.851. The van der Waals surface area contributed by atoms with Crippen LogP contribution < -0.4 is 0 Å². The zero-order chi connectivity index (χ0) is 17.4. The van der Waals surface area contributed by atoms with Crippen LogP contribution in [0.5, 0.6) is 0 Å². The molecule has 1 heterocycles. The monoisotopic (exact) mass is 341 g/mol. The number of hydrogen-bond donors (Lipinski definition) is 1. The van der Waals surface area contributed by atoms with Crippen molar-refractivity contribution in [3.05, 3.63) is 34.9 Å². The van der Waals surface area contributed by atoms with Crippen molar-refractivity contribution in [1.82, 2.24) is 4.90 Å². The molecule has 128 valence electrons. The van der Waals surface area contributed by atoms with Crippen molar-refractivity contribution in [2.75, 3.05) is 6.54 Å². The predicted molar refractivity (Wildman–Crippen MR) is 67.5 cm³/mol. The van der Waals surface area contributed by atoms with Gasteiger partial charge in [0.2, 0.25) is 0 Å². The van der Waals surface area contributed by atoms with E-state index in [1.54, 1.807) is 0 Å². The standard InChI is InChI=1S/C14H13F6NO2/c15-13(16,17)9-4-8(5-10(6-9)14(18,19)20)7-21-3-1-2-11(21)12(22)23/h4-6,11H,1-3,7H2,(H,22,23). The van der Waals surface area contributed by atoms with Gasteiger partial charge in [-0.3, -0.25) is 9.69 Å². The SMILES string of the molecule is O=C(O)C1CCCN1Cc1cc(C(F)(F)F)cc(C(F)(F)F)c1. The number of halogens is 6. The molecule has 0 radical (unpaired) electrons. The van der Waals surface area contributed by atoms with E-state index in [4.69, 9.17) is 5.11 Å². The summed E-state index contributed by atoms with van der Waals surface area (Å²) >= 11 is 0. The van der Waals surface area contributed by atoms with E-state index in [1.807, 2.05) is 0 Å². The van der Waals surface area contributed by atoms with Gasteiger partial charge < -0.3 is 5.11 Å². The van der Waals surface area contributed by atoms with Crippen LogP contribution in [-0.2, 0) is 23.7 Å². The van der Waals surface area contributed by atoms with Gasteiger partial charge in [0.15, 0.2) is 0 Å². The number of alkyl halides is 6. The van der Waals surface area contributed by atoms with Gasteiger partial charge in [0.05, 0.1) is 11.1 Å². The molecule has 0 aromatic heterocycles. The maximum absolute atomic E-state index is 12.8. The second-order valence-corrected chi connectivity index (χ2v) is 5.38. The Morgan fingerprint density at radius 3 is 2.04 bits per heavy atom. The van der Waals surface area contributed by atoms with Crippen molar-refractivity contribution in [2.24, 2.45) is 0 Å². The molecule has 2 rings (SSSR count). The highest BCUT2D eigenvalue weighted by molar-refractivity contribution is 5.73. The third kappa shape index (κ3) is 4.15. The lowest BCUT2D eigenvalue weighted by molar-refractivity contribution is -0.144. The summed E-state index contributed by atoms with van der Waals surface area (Å²) in [5.74, 6) is -1.13. The number of nitrogens with zero attached hydrogens (tertiary/aromatic N) is 1. The third-order valence-electron chi connectivity index (χ3n) is 3.68. The third-order valence-corrected chi connectivity index (χ3v) is 3.68. The lowest BCUT2D eigenvalue weighted by Gasteiger charge is -2.22. The maximum Gasteiger partial charge on any atom is 0.416 e. The molecule has 1 saturated heterocycles. The minimum Gasteiger partial charge on any atom is -0.480 e. The summed E-state index contributed by atoms with van der Waals surface area (Å²) in [4.78, 5) is 12.4. The van der Waals surface area contributed by atoms with E-state index in [1.165, 1.54) is 4.90 Å². The van der Waals surface area contributed by atoms with Crippen molar-refractivity contribution in [2.45, 2.75) is 37.8 Å². The molecule has 0 saturated carbocycles. The van der Waals surface area contributed by atoms with Gasteiger partial charge in [0.25, 0.3) is 0 Å². The molecular formula is C14H13F6NO2. The molecular weight excluding hydrogens is 328 g/mol. The van der Waals surface area contributed by atoms with Crippen molar-refractivity contribution >= 4 is 5.97 Å². The zero-order valence-electron chi connectivity index (χ0n) is 11.7. The predicted octanol–water partition coefficient (Wildman–Crippen LogP) is 3.77. The number of carboxylic acids is 1. The topological polar surface area (TPSA) is 40.5 Å². The Bertz CT molecular complexity index is 564. The summed E-state index contributed by atoms with van der Waals surface area (Å²) in [5.41, 5.74) is -3.00. The van der Waals surface area contributed by atoms with Gasteiger partial charge >= 0.3 is 18.3 Å². The first-order chi connectivity index (χ1) is 10.5. The lowest BCUT2D eigenvalue weighted by Crippen LogP contribution is -2.35. The molecule has 1 unspecified atom stereocenters. The minimum absolute atomic E-state index is 0.0577. The normalized spacial score (nSPS) is 20.0. The molecule has 1 aliphatic rings. The molecule has 0 spiro atoms. The van der Waals surface area contributed by atoms with Gasteiger partial charge in [-0.05, 0) is 43.1 Å². The van der Waals surface area contributed by atoms with E-state index in [-0.39, 0.29) is 18.2 Å². The summed E-state index contributed by atoms with van der Waals surface area (Å²) in [5, 5.41) is 9.03. The van der Waals surface area contributed by atoms with Gasteiger partial charge in [0, 0.05) is 6.54 Å². The van der Waals surface area contributed by atoms with Crippen LogP contribution in [0.4, 0.5) is 26.3 Å². The molecule has 1 N–H and O–H groups in total.